The first-order chi connectivity index (χ1) is 13.0. The molecule has 0 aliphatic heterocycles. The fraction of sp³-hybridized carbons (Fsp3) is 0.316. The number of nitrogens with zero attached hydrogens (tertiary/aromatic N) is 2. The number of carbonyl (C=O) groups excluding carboxylic acids is 1. The van der Waals surface area contributed by atoms with Crippen molar-refractivity contribution in [3.05, 3.63) is 44.5 Å². The normalized spacial score (nSPS) is 13.6. The van der Waals surface area contributed by atoms with E-state index in [1.54, 1.807) is 29.5 Å². The highest BCUT2D eigenvalue weighted by Crippen LogP contribution is 2.39. The molecule has 0 radical (unpaired) electrons. The largest absolute Gasteiger partial charge is 0.324 e. The van der Waals surface area contributed by atoms with E-state index in [-0.39, 0.29) is 11.7 Å². The molecule has 140 valence electrons. The number of nitrogens with one attached hydrogen (secondary N) is 1. The molecule has 0 bridgehead atoms. The number of hydrogen-bond donors (Lipinski definition) is 1. The Morgan fingerprint density at radius 3 is 2.93 bits per heavy atom. The Kier molecular flexibility index (Phi) is 5.60. The van der Waals surface area contributed by atoms with Crippen molar-refractivity contribution >= 4 is 68.1 Å². The van der Waals surface area contributed by atoms with Crippen LogP contribution < -0.4 is 5.32 Å². The Bertz CT molecular complexity index is 1040. The number of halogens is 2. The summed E-state index contributed by atoms with van der Waals surface area (Å²) >= 11 is 15.3. The topological polar surface area (TPSA) is 54.9 Å². The van der Waals surface area contributed by atoms with Gasteiger partial charge < -0.3 is 5.32 Å². The van der Waals surface area contributed by atoms with Crippen LogP contribution in [0.25, 0.3) is 10.2 Å². The monoisotopic (exact) mass is 437 g/mol. The summed E-state index contributed by atoms with van der Waals surface area (Å²) in [5.41, 5.74) is 1.90. The van der Waals surface area contributed by atoms with Crippen molar-refractivity contribution in [2.24, 2.45) is 0 Å². The number of aryl methyl sites for hydroxylation is 3. The number of carbonyl (C=O) groups is 1. The van der Waals surface area contributed by atoms with Gasteiger partial charge in [-0.25, -0.2) is 9.97 Å². The van der Waals surface area contributed by atoms with E-state index in [0.717, 1.165) is 33.9 Å². The minimum absolute atomic E-state index is 0.141. The van der Waals surface area contributed by atoms with Gasteiger partial charge in [0, 0.05) is 15.3 Å². The van der Waals surface area contributed by atoms with Crippen molar-refractivity contribution in [2.45, 2.75) is 37.6 Å². The van der Waals surface area contributed by atoms with Crippen molar-refractivity contribution in [2.75, 3.05) is 11.1 Å². The first-order valence-corrected chi connectivity index (χ1v) is 11.2. The number of hydrogen-bond acceptors (Lipinski definition) is 5. The molecule has 27 heavy (non-hydrogen) atoms. The van der Waals surface area contributed by atoms with Crippen LogP contribution in [0.1, 0.15) is 29.1 Å². The van der Waals surface area contributed by atoms with Crippen LogP contribution in [0.4, 0.5) is 5.69 Å². The molecule has 4 nitrogen and oxygen atoms in total. The fourth-order valence-electron chi connectivity index (χ4n) is 3.24. The van der Waals surface area contributed by atoms with Gasteiger partial charge in [0.25, 0.3) is 0 Å². The van der Waals surface area contributed by atoms with E-state index in [2.05, 4.69) is 15.3 Å². The van der Waals surface area contributed by atoms with E-state index in [0.29, 0.717) is 15.7 Å². The maximum absolute atomic E-state index is 12.4. The van der Waals surface area contributed by atoms with Crippen molar-refractivity contribution in [3.63, 3.8) is 0 Å². The fourth-order valence-corrected chi connectivity index (χ4v) is 5.85. The van der Waals surface area contributed by atoms with Crippen molar-refractivity contribution in [1.29, 1.82) is 0 Å². The van der Waals surface area contributed by atoms with Gasteiger partial charge in [0.05, 0.1) is 16.5 Å². The Balaban J connectivity index is 1.55. The average molecular weight is 438 g/mol. The van der Waals surface area contributed by atoms with Gasteiger partial charge in [-0.05, 0) is 56.4 Å². The van der Waals surface area contributed by atoms with E-state index >= 15 is 0 Å². The molecule has 2 aromatic heterocycles. The number of fused-ring (bicyclic) bond motifs is 3. The van der Waals surface area contributed by atoms with E-state index in [9.17, 15) is 4.79 Å². The molecule has 1 N–H and O–H groups in total. The standard InChI is InChI=1S/C19H17Cl2N3OS2/c1-10-22-18(17-12-4-2-3-5-15(12)27-19(17)23-10)26-9-16(25)24-14-8-11(20)6-7-13(14)21/h6-8H,2-5,9H2,1H3,(H,24,25). The zero-order valence-corrected chi connectivity index (χ0v) is 17.8. The van der Waals surface area contributed by atoms with Crippen LogP contribution in [0.5, 0.6) is 0 Å². The summed E-state index contributed by atoms with van der Waals surface area (Å²) in [6, 6.07) is 5.00. The Labute approximate surface area is 175 Å². The van der Waals surface area contributed by atoms with Crippen LogP contribution >= 0.6 is 46.3 Å². The van der Waals surface area contributed by atoms with E-state index in [1.807, 2.05) is 6.92 Å². The third-order valence-electron chi connectivity index (χ3n) is 4.44. The van der Waals surface area contributed by atoms with Gasteiger partial charge >= 0.3 is 0 Å². The van der Waals surface area contributed by atoms with Gasteiger partial charge in [-0.3, -0.25) is 4.79 Å². The SMILES string of the molecule is Cc1nc(SCC(=O)Nc2cc(Cl)ccc2Cl)c2c3c(sc2n1)CCCC3. The molecule has 0 atom stereocenters. The molecule has 4 rings (SSSR count). The maximum Gasteiger partial charge on any atom is 0.234 e. The molecule has 0 unspecified atom stereocenters. The van der Waals surface area contributed by atoms with Gasteiger partial charge in [-0.2, -0.15) is 0 Å². The molecule has 0 saturated carbocycles. The molecule has 3 aromatic rings. The first kappa shape index (κ1) is 19.0. The summed E-state index contributed by atoms with van der Waals surface area (Å²) in [5.74, 6) is 0.846. The second kappa shape index (κ2) is 7.95. The van der Waals surface area contributed by atoms with Gasteiger partial charge in [-0.1, -0.05) is 35.0 Å². The van der Waals surface area contributed by atoms with E-state index in [4.69, 9.17) is 23.2 Å². The Hall–Kier alpha value is -1.34. The lowest BCUT2D eigenvalue weighted by atomic mass is 9.97. The summed E-state index contributed by atoms with van der Waals surface area (Å²) in [6.45, 7) is 1.90. The van der Waals surface area contributed by atoms with Gasteiger partial charge in [0.1, 0.15) is 15.7 Å². The highest BCUT2D eigenvalue weighted by atomic mass is 35.5. The molecule has 1 aromatic carbocycles. The molecular weight excluding hydrogens is 421 g/mol. The lowest BCUT2D eigenvalue weighted by Gasteiger charge is -2.12. The quantitative estimate of drug-likeness (QED) is 0.406. The number of thiophene rings is 1. The molecule has 0 spiro atoms. The van der Waals surface area contributed by atoms with Gasteiger partial charge in [0.2, 0.25) is 5.91 Å². The zero-order valence-electron chi connectivity index (χ0n) is 14.6. The number of rotatable bonds is 4. The average Bonchev–Trinajstić information content (AvgIpc) is 3.01. The minimum Gasteiger partial charge on any atom is -0.324 e. The van der Waals surface area contributed by atoms with E-state index < -0.39 is 0 Å². The summed E-state index contributed by atoms with van der Waals surface area (Å²) < 4.78 is 0. The zero-order chi connectivity index (χ0) is 19.0. The third kappa shape index (κ3) is 4.09. The number of thioether (sulfide) groups is 1. The number of anilines is 1. The molecule has 8 heteroatoms. The van der Waals surface area contributed by atoms with Crippen LogP contribution in [0.2, 0.25) is 10.0 Å². The minimum atomic E-state index is -0.141. The molecule has 2 heterocycles. The maximum atomic E-state index is 12.4. The van der Waals surface area contributed by atoms with Crippen molar-refractivity contribution in [3.8, 4) is 0 Å². The molecule has 1 amide bonds. The van der Waals surface area contributed by atoms with Crippen LogP contribution in [0.15, 0.2) is 23.2 Å². The highest BCUT2D eigenvalue weighted by molar-refractivity contribution is 8.00. The van der Waals surface area contributed by atoms with Crippen molar-refractivity contribution in [1.82, 2.24) is 9.97 Å². The van der Waals surface area contributed by atoms with Crippen LogP contribution in [0, 0.1) is 6.92 Å². The number of amides is 1. The van der Waals surface area contributed by atoms with E-state index in [1.165, 1.54) is 35.0 Å². The van der Waals surface area contributed by atoms with Crippen LogP contribution in [-0.2, 0) is 17.6 Å². The predicted octanol–water partition coefficient (Wildman–Crippen LogP) is 5.92. The Morgan fingerprint density at radius 1 is 1.26 bits per heavy atom. The molecule has 0 saturated heterocycles. The second-order valence-electron chi connectivity index (χ2n) is 6.43. The molecule has 0 fully saturated rings. The number of aromatic nitrogens is 2. The van der Waals surface area contributed by atoms with Gasteiger partial charge in [-0.15, -0.1) is 11.3 Å². The van der Waals surface area contributed by atoms with Crippen LogP contribution in [0.3, 0.4) is 0 Å². The molecular formula is C19H17Cl2N3OS2. The Morgan fingerprint density at radius 2 is 2.07 bits per heavy atom. The first-order valence-electron chi connectivity index (χ1n) is 8.68. The lowest BCUT2D eigenvalue weighted by Crippen LogP contribution is -2.14. The summed E-state index contributed by atoms with van der Waals surface area (Å²) in [4.78, 5) is 24.1. The summed E-state index contributed by atoms with van der Waals surface area (Å²) in [5, 5.41) is 5.84. The summed E-state index contributed by atoms with van der Waals surface area (Å²) in [6.07, 6.45) is 4.62. The smallest absolute Gasteiger partial charge is 0.234 e. The van der Waals surface area contributed by atoms with Gasteiger partial charge in [0.15, 0.2) is 0 Å². The highest BCUT2D eigenvalue weighted by Gasteiger charge is 2.21. The lowest BCUT2D eigenvalue weighted by molar-refractivity contribution is -0.113. The molecule has 1 aliphatic carbocycles. The predicted molar refractivity (Wildman–Crippen MR) is 115 cm³/mol. The third-order valence-corrected chi connectivity index (χ3v) is 7.16. The second-order valence-corrected chi connectivity index (χ2v) is 9.32. The molecule has 1 aliphatic rings. The van der Waals surface area contributed by atoms with Crippen LogP contribution in [-0.4, -0.2) is 21.6 Å². The summed E-state index contributed by atoms with van der Waals surface area (Å²) in [7, 11) is 0. The number of benzene rings is 1. The van der Waals surface area contributed by atoms with Crippen molar-refractivity contribution < 1.29 is 4.79 Å².